The van der Waals surface area contributed by atoms with Crippen molar-refractivity contribution in [3.63, 3.8) is 0 Å². The standard InChI is InChI=1S/C12H20N2O5S/c1-13-6-9-4-5-12(19-9)20(15,16)14-7-10(17-2)11(8-14)18-3/h4-5,10-11,13H,6-8H2,1-3H3. The first-order valence-electron chi connectivity index (χ1n) is 6.32. The van der Waals surface area contributed by atoms with Gasteiger partial charge in [0.15, 0.2) is 0 Å². The summed E-state index contributed by atoms with van der Waals surface area (Å²) in [6, 6.07) is 3.13. The molecule has 2 atom stereocenters. The van der Waals surface area contributed by atoms with Crippen LogP contribution < -0.4 is 5.32 Å². The molecule has 0 bridgehead atoms. The van der Waals surface area contributed by atoms with E-state index in [-0.39, 0.29) is 30.4 Å². The second-order valence-corrected chi connectivity index (χ2v) is 6.49. The molecule has 0 radical (unpaired) electrons. The van der Waals surface area contributed by atoms with Gasteiger partial charge in [-0.15, -0.1) is 0 Å². The summed E-state index contributed by atoms with van der Waals surface area (Å²) in [7, 11) is 1.22. The molecule has 114 valence electrons. The Kier molecular flexibility index (Phi) is 4.82. The number of rotatable bonds is 6. The summed E-state index contributed by atoms with van der Waals surface area (Å²) in [5, 5.41) is 2.86. The van der Waals surface area contributed by atoms with Crippen LogP contribution in [0.5, 0.6) is 0 Å². The van der Waals surface area contributed by atoms with E-state index in [1.165, 1.54) is 10.4 Å². The van der Waals surface area contributed by atoms with Crippen molar-refractivity contribution >= 4 is 10.0 Å². The number of sulfonamides is 1. The van der Waals surface area contributed by atoms with Crippen LogP contribution in [0.15, 0.2) is 21.6 Å². The molecule has 2 rings (SSSR count). The zero-order valence-corrected chi connectivity index (χ0v) is 12.6. The van der Waals surface area contributed by atoms with E-state index in [4.69, 9.17) is 13.9 Å². The Bertz CT molecular complexity index is 530. The lowest BCUT2D eigenvalue weighted by Crippen LogP contribution is -2.29. The fourth-order valence-electron chi connectivity index (χ4n) is 2.25. The minimum Gasteiger partial charge on any atom is -0.447 e. The van der Waals surface area contributed by atoms with E-state index in [2.05, 4.69) is 5.32 Å². The third-order valence-corrected chi connectivity index (χ3v) is 5.08. The molecule has 0 amide bonds. The summed E-state index contributed by atoms with van der Waals surface area (Å²) in [4.78, 5) is 0. The monoisotopic (exact) mass is 304 g/mol. The van der Waals surface area contributed by atoms with Crippen molar-refractivity contribution in [1.82, 2.24) is 9.62 Å². The van der Waals surface area contributed by atoms with E-state index in [0.717, 1.165) is 0 Å². The molecule has 1 saturated heterocycles. The Morgan fingerprint density at radius 2 is 1.90 bits per heavy atom. The SMILES string of the molecule is CNCc1ccc(S(=O)(=O)N2CC(OC)C(OC)C2)o1. The second kappa shape index (κ2) is 6.23. The molecule has 20 heavy (non-hydrogen) atoms. The van der Waals surface area contributed by atoms with E-state index in [0.29, 0.717) is 12.3 Å². The van der Waals surface area contributed by atoms with Gasteiger partial charge in [0.1, 0.15) is 5.76 Å². The lowest BCUT2D eigenvalue weighted by molar-refractivity contribution is -0.00461. The van der Waals surface area contributed by atoms with Crippen molar-refractivity contribution in [1.29, 1.82) is 0 Å². The number of nitrogens with zero attached hydrogens (tertiary/aromatic N) is 1. The van der Waals surface area contributed by atoms with Crippen LogP contribution in [0.25, 0.3) is 0 Å². The van der Waals surface area contributed by atoms with E-state index in [1.54, 1.807) is 27.3 Å². The summed E-state index contributed by atoms with van der Waals surface area (Å²) in [5.41, 5.74) is 0. The molecule has 1 aromatic heterocycles. The first-order valence-corrected chi connectivity index (χ1v) is 7.76. The van der Waals surface area contributed by atoms with Gasteiger partial charge in [0.05, 0.1) is 18.8 Å². The Morgan fingerprint density at radius 3 is 2.40 bits per heavy atom. The van der Waals surface area contributed by atoms with Crippen LogP contribution in [0.2, 0.25) is 0 Å². The highest BCUT2D eigenvalue weighted by atomic mass is 32.2. The summed E-state index contributed by atoms with van der Waals surface area (Å²) in [6.45, 7) is 1.01. The van der Waals surface area contributed by atoms with Gasteiger partial charge >= 0.3 is 0 Å². The maximum Gasteiger partial charge on any atom is 0.276 e. The molecule has 1 N–H and O–H groups in total. The topological polar surface area (TPSA) is 81.0 Å². The van der Waals surface area contributed by atoms with Crippen molar-refractivity contribution in [2.75, 3.05) is 34.4 Å². The largest absolute Gasteiger partial charge is 0.447 e. The smallest absolute Gasteiger partial charge is 0.276 e. The van der Waals surface area contributed by atoms with Crippen molar-refractivity contribution in [3.05, 3.63) is 17.9 Å². The highest BCUT2D eigenvalue weighted by molar-refractivity contribution is 7.89. The van der Waals surface area contributed by atoms with Gasteiger partial charge in [-0.25, -0.2) is 8.42 Å². The number of nitrogens with one attached hydrogen (secondary N) is 1. The fraction of sp³-hybridized carbons (Fsp3) is 0.667. The quantitative estimate of drug-likeness (QED) is 0.799. The van der Waals surface area contributed by atoms with Gasteiger partial charge in [-0.3, -0.25) is 0 Å². The molecule has 7 nitrogen and oxygen atoms in total. The average Bonchev–Trinajstić information content (AvgIpc) is 3.05. The third-order valence-electron chi connectivity index (χ3n) is 3.37. The number of hydrogen-bond donors (Lipinski definition) is 1. The molecule has 0 aromatic carbocycles. The van der Waals surface area contributed by atoms with Gasteiger partial charge in [-0.2, -0.15) is 4.31 Å². The number of hydrogen-bond acceptors (Lipinski definition) is 6. The maximum absolute atomic E-state index is 12.5. The van der Waals surface area contributed by atoms with E-state index in [1.807, 2.05) is 0 Å². The number of furan rings is 1. The summed E-state index contributed by atoms with van der Waals surface area (Å²) in [5.74, 6) is 0.580. The summed E-state index contributed by atoms with van der Waals surface area (Å²) in [6.07, 6.45) is -0.525. The minimum absolute atomic E-state index is 0.0469. The lowest BCUT2D eigenvalue weighted by Gasteiger charge is -2.13. The van der Waals surface area contributed by atoms with E-state index >= 15 is 0 Å². The first-order chi connectivity index (χ1) is 9.52. The Labute approximate surface area is 118 Å². The molecule has 2 heterocycles. The fourth-order valence-corrected chi connectivity index (χ4v) is 3.65. The second-order valence-electron chi connectivity index (χ2n) is 4.62. The van der Waals surface area contributed by atoms with Crippen LogP contribution in [-0.4, -0.2) is 59.3 Å². The molecule has 0 aliphatic carbocycles. The Morgan fingerprint density at radius 1 is 1.30 bits per heavy atom. The van der Waals surface area contributed by atoms with Crippen LogP contribution in [0.3, 0.4) is 0 Å². The average molecular weight is 304 g/mol. The van der Waals surface area contributed by atoms with Gasteiger partial charge < -0.3 is 19.2 Å². The molecular weight excluding hydrogens is 284 g/mol. The maximum atomic E-state index is 12.5. The summed E-state index contributed by atoms with van der Waals surface area (Å²) < 4.78 is 42.1. The Balaban J connectivity index is 2.18. The molecule has 1 aliphatic heterocycles. The zero-order chi connectivity index (χ0) is 14.8. The van der Waals surface area contributed by atoms with Crippen molar-refractivity contribution < 1.29 is 22.3 Å². The predicted octanol–water partition coefficient (Wildman–Crippen LogP) is 0.0333. The third kappa shape index (κ3) is 2.89. The number of methoxy groups -OCH3 is 2. The molecule has 1 aliphatic rings. The molecule has 2 unspecified atom stereocenters. The normalized spacial score (nSPS) is 24.4. The van der Waals surface area contributed by atoms with Crippen molar-refractivity contribution in [3.8, 4) is 0 Å². The lowest BCUT2D eigenvalue weighted by atomic mass is 10.3. The van der Waals surface area contributed by atoms with Crippen LogP contribution in [0.1, 0.15) is 5.76 Å². The molecule has 8 heteroatoms. The number of ether oxygens (including phenoxy) is 2. The Hall–Kier alpha value is -0.930. The molecule has 1 aromatic rings. The van der Waals surface area contributed by atoms with Gasteiger partial charge in [0, 0.05) is 27.3 Å². The van der Waals surface area contributed by atoms with Crippen molar-refractivity contribution in [2.45, 2.75) is 23.8 Å². The zero-order valence-electron chi connectivity index (χ0n) is 11.8. The van der Waals surface area contributed by atoms with Crippen LogP contribution >= 0.6 is 0 Å². The van der Waals surface area contributed by atoms with Gasteiger partial charge in [-0.05, 0) is 19.2 Å². The highest BCUT2D eigenvalue weighted by Gasteiger charge is 2.41. The van der Waals surface area contributed by atoms with Crippen molar-refractivity contribution in [2.24, 2.45) is 0 Å². The van der Waals surface area contributed by atoms with Crippen LogP contribution in [0.4, 0.5) is 0 Å². The molecular formula is C12H20N2O5S. The van der Waals surface area contributed by atoms with E-state index in [9.17, 15) is 8.42 Å². The first kappa shape index (κ1) is 15.5. The molecule has 1 fully saturated rings. The molecule has 0 spiro atoms. The summed E-state index contributed by atoms with van der Waals surface area (Å²) >= 11 is 0. The van der Waals surface area contributed by atoms with Gasteiger partial charge in [0.25, 0.3) is 10.0 Å². The van der Waals surface area contributed by atoms with E-state index < -0.39 is 10.0 Å². The van der Waals surface area contributed by atoms with Gasteiger partial charge in [-0.1, -0.05) is 0 Å². The van der Waals surface area contributed by atoms with Crippen LogP contribution in [-0.2, 0) is 26.0 Å². The van der Waals surface area contributed by atoms with Crippen LogP contribution in [0, 0.1) is 0 Å². The predicted molar refractivity (Wildman–Crippen MR) is 71.8 cm³/mol. The minimum atomic E-state index is -3.64. The highest BCUT2D eigenvalue weighted by Crippen LogP contribution is 2.25. The molecule has 0 saturated carbocycles. The van der Waals surface area contributed by atoms with Gasteiger partial charge in [0.2, 0.25) is 5.09 Å².